The van der Waals surface area contributed by atoms with Gasteiger partial charge in [0.15, 0.2) is 0 Å². The summed E-state index contributed by atoms with van der Waals surface area (Å²) >= 11 is 0. The molecule has 2 aromatic rings. The Morgan fingerprint density at radius 1 is 1.00 bits per heavy atom. The van der Waals surface area contributed by atoms with E-state index in [0.29, 0.717) is 5.57 Å². The second-order valence-electron chi connectivity index (χ2n) is 4.44. The van der Waals surface area contributed by atoms with Crippen molar-refractivity contribution in [2.24, 2.45) is 0 Å². The Bertz CT molecular complexity index is 651. The van der Waals surface area contributed by atoms with Gasteiger partial charge in [0.2, 0.25) is 0 Å². The zero-order valence-electron chi connectivity index (χ0n) is 10.8. The summed E-state index contributed by atoms with van der Waals surface area (Å²) in [6.45, 7) is 0.277. The molecule has 0 atom stereocenters. The molecule has 0 saturated carbocycles. The number of carbonyl (C=O) groups excluding carboxylic acids is 1. The fourth-order valence-electron chi connectivity index (χ4n) is 1.98. The van der Waals surface area contributed by atoms with E-state index in [0.717, 1.165) is 17.0 Å². The molecular weight excluding hydrogens is 252 g/mol. The molecule has 0 spiro atoms. The Morgan fingerprint density at radius 2 is 1.75 bits per heavy atom. The summed E-state index contributed by atoms with van der Waals surface area (Å²) in [7, 11) is 0. The standard InChI is InChI=1S/C16H14N2O2/c19-16(18-17-14-7-2-1-3-8-14)13-10-12-6-4-5-9-15(12)20-11-13/h1-10,17H,11H2,(H,18,19). The number of hydrazine groups is 1. The normalized spacial score (nSPS) is 12.7. The molecule has 0 aliphatic carbocycles. The Kier molecular flexibility index (Phi) is 3.37. The molecular formula is C16H14N2O2. The lowest BCUT2D eigenvalue weighted by Gasteiger charge is -2.17. The van der Waals surface area contributed by atoms with Crippen LogP contribution in [0.25, 0.3) is 6.08 Å². The first-order valence-corrected chi connectivity index (χ1v) is 6.37. The number of ether oxygens (including phenoxy) is 1. The van der Waals surface area contributed by atoms with Gasteiger partial charge in [-0.05, 0) is 24.3 Å². The lowest BCUT2D eigenvalue weighted by atomic mass is 10.1. The third-order valence-corrected chi connectivity index (χ3v) is 3.02. The van der Waals surface area contributed by atoms with Gasteiger partial charge >= 0.3 is 0 Å². The Hall–Kier alpha value is -2.75. The molecule has 0 fully saturated rings. The summed E-state index contributed by atoms with van der Waals surface area (Å²) < 4.78 is 5.55. The maximum absolute atomic E-state index is 12.1. The van der Waals surface area contributed by atoms with Crippen molar-refractivity contribution in [2.75, 3.05) is 12.0 Å². The number of carbonyl (C=O) groups is 1. The van der Waals surface area contributed by atoms with Crippen molar-refractivity contribution in [3.05, 3.63) is 65.7 Å². The second kappa shape index (κ2) is 5.48. The van der Waals surface area contributed by atoms with E-state index in [1.807, 2.05) is 60.7 Å². The van der Waals surface area contributed by atoms with E-state index in [2.05, 4.69) is 10.9 Å². The monoisotopic (exact) mass is 266 g/mol. The van der Waals surface area contributed by atoms with Gasteiger partial charge in [-0.15, -0.1) is 0 Å². The maximum Gasteiger partial charge on any atom is 0.269 e. The smallest absolute Gasteiger partial charge is 0.269 e. The van der Waals surface area contributed by atoms with E-state index >= 15 is 0 Å². The van der Waals surface area contributed by atoms with Gasteiger partial charge < -0.3 is 4.74 Å². The van der Waals surface area contributed by atoms with Crippen LogP contribution in [-0.2, 0) is 4.79 Å². The van der Waals surface area contributed by atoms with Crippen LogP contribution in [0.4, 0.5) is 5.69 Å². The van der Waals surface area contributed by atoms with Gasteiger partial charge in [0.05, 0.1) is 11.3 Å². The van der Waals surface area contributed by atoms with Crippen LogP contribution in [0.5, 0.6) is 5.75 Å². The summed E-state index contributed by atoms with van der Waals surface area (Å²) in [4.78, 5) is 12.1. The summed E-state index contributed by atoms with van der Waals surface area (Å²) in [5.74, 6) is 0.614. The minimum atomic E-state index is -0.191. The van der Waals surface area contributed by atoms with Gasteiger partial charge in [0, 0.05) is 5.56 Å². The van der Waals surface area contributed by atoms with Gasteiger partial charge in [0.25, 0.3) is 5.91 Å². The first-order valence-electron chi connectivity index (χ1n) is 6.37. The average Bonchev–Trinajstić information content (AvgIpc) is 2.53. The highest BCUT2D eigenvalue weighted by molar-refractivity contribution is 5.99. The average molecular weight is 266 g/mol. The molecule has 2 aromatic carbocycles. The number of anilines is 1. The summed E-state index contributed by atoms with van der Waals surface area (Å²) in [6, 6.07) is 17.1. The number of rotatable bonds is 3. The highest BCUT2D eigenvalue weighted by atomic mass is 16.5. The van der Waals surface area contributed by atoms with Crippen LogP contribution < -0.4 is 15.6 Å². The largest absolute Gasteiger partial charge is 0.488 e. The molecule has 0 aromatic heterocycles. The van der Waals surface area contributed by atoms with Crippen molar-refractivity contribution in [1.29, 1.82) is 0 Å². The zero-order valence-corrected chi connectivity index (χ0v) is 10.8. The van der Waals surface area contributed by atoms with Crippen molar-refractivity contribution in [3.63, 3.8) is 0 Å². The van der Waals surface area contributed by atoms with Crippen LogP contribution >= 0.6 is 0 Å². The van der Waals surface area contributed by atoms with E-state index in [-0.39, 0.29) is 12.5 Å². The van der Waals surface area contributed by atoms with E-state index in [1.54, 1.807) is 0 Å². The zero-order chi connectivity index (χ0) is 13.8. The molecule has 0 bridgehead atoms. The van der Waals surface area contributed by atoms with Crippen LogP contribution in [0.15, 0.2) is 60.2 Å². The summed E-state index contributed by atoms with van der Waals surface area (Å²) in [5, 5.41) is 0. The van der Waals surface area contributed by atoms with Crippen LogP contribution in [0.2, 0.25) is 0 Å². The Labute approximate surface area is 117 Å². The fourth-order valence-corrected chi connectivity index (χ4v) is 1.98. The Morgan fingerprint density at radius 3 is 2.60 bits per heavy atom. The number of hydrogen-bond donors (Lipinski definition) is 2. The molecule has 2 N–H and O–H groups in total. The summed E-state index contributed by atoms with van der Waals surface area (Å²) in [5.41, 5.74) is 7.87. The van der Waals surface area contributed by atoms with E-state index in [1.165, 1.54) is 0 Å². The molecule has 4 heteroatoms. The molecule has 1 aliphatic rings. The number of fused-ring (bicyclic) bond motifs is 1. The van der Waals surface area contributed by atoms with Crippen LogP contribution in [-0.4, -0.2) is 12.5 Å². The van der Waals surface area contributed by atoms with Crippen LogP contribution in [0.1, 0.15) is 5.56 Å². The number of para-hydroxylation sites is 2. The first kappa shape index (κ1) is 12.3. The van der Waals surface area contributed by atoms with Crippen molar-refractivity contribution in [1.82, 2.24) is 5.43 Å². The predicted molar refractivity (Wildman–Crippen MR) is 78.1 cm³/mol. The highest BCUT2D eigenvalue weighted by Crippen LogP contribution is 2.25. The lowest BCUT2D eigenvalue weighted by Crippen LogP contribution is -2.33. The van der Waals surface area contributed by atoms with Gasteiger partial charge in [0.1, 0.15) is 12.4 Å². The van der Waals surface area contributed by atoms with Crippen molar-refractivity contribution in [3.8, 4) is 5.75 Å². The quantitative estimate of drug-likeness (QED) is 0.840. The van der Waals surface area contributed by atoms with Crippen LogP contribution in [0, 0.1) is 0 Å². The lowest BCUT2D eigenvalue weighted by molar-refractivity contribution is -0.117. The van der Waals surface area contributed by atoms with Gasteiger partial charge in [-0.25, -0.2) is 0 Å². The molecule has 20 heavy (non-hydrogen) atoms. The van der Waals surface area contributed by atoms with Crippen LogP contribution in [0.3, 0.4) is 0 Å². The molecule has 1 heterocycles. The number of nitrogens with one attached hydrogen (secondary N) is 2. The van der Waals surface area contributed by atoms with Crippen molar-refractivity contribution < 1.29 is 9.53 Å². The third-order valence-electron chi connectivity index (χ3n) is 3.02. The number of benzene rings is 2. The topological polar surface area (TPSA) is 50.4 Å². The van der Waals surface area contributed by atoms with Gasteiger partial charge in [-0.2, -0.15) is 0 Å². The first-order chi connectivity index (χ1) is 9.83. The molecule has 0 radical (unpaired) electrons. The third kappa shape index (κ3) is 2.64. The van der Waals surface area contributed by atoms with Gasteiger partial charge in [-0.3, -0.25) is 15.6 Å². The Balaban J connectivity index is 1.68. The number of amides is 1. The maximum atomic E-state index is 12.1. The number of hydrogen-bond acceptors (Lipinski definition) is 3. The molecule has 0 unspecified atom stereocenters. The fraction of sp³-hybridized carbons (Fsp3) is 0.0625. The minimum Gasteiger partial charge on any atom is -0.488 e. The van der Waals surface area contributed by atoms with Crippen molar-refractivity contribution >= 4 is 17.7 Å². The molecule has 0 saturated heterocycles. The van der Waals surface area contributed by atoms with E-state index < -0.39 is 0 Å². The van der Waals surface area contributed by atoms with Gasteiger partial charge in [-0.1, -0.05) is 36.4 Å². The molecule has 4 nitrogen and oxygen atoms in total. The molecule has 3 rings (SSSR count). The second-order valence-corrected chi connectivity index (χ2v) is 4.44. The molecule has 100 valence electrons. The molecule has 1 aliphatic heterocycles. The highest BCUT2D eigenvalue weighted by Gasteiger charge is 2.16. The predicted octanol–water partition coefficient (Wildman–Crippen LogP) is 2.61. The van der Waals surface area contributed by atoms with Crippen molar-refractivity contribution in [2.45, 2.75) is 0 Å². The van der Waals surface area contributed by atoms with E-state index in [4.69, 9.17) is 4.74 Å². The SMILES string of the molecule is O=C(NNc1ccccc1)C1=Cc2ccccc2OC1. The summed E-state index contributed by atoms with van der Waals surface area (Å²) in [6.07, 6.45) is 1.85. The minimum absolute atomic E-state index is 0.191. The van der Waals surface area contributed by atoms with E-state index in [9.17, 15) is 4.79 Å². The molecule has 1 amide bonds.